The predicted octanol–water partition coefficient (Wildman–Crippen LogP) is 5.63. The van der Waals surface area contributed by atoms with E-state index in [-0.39, 0.29) is 18.0 Å². The summed E-state index contributed by atoms with van der Waals surface area (Å²) in [6.07, 6.45) is 6.70. The molecule has 1 fully saturated rings. The first-order chi connectivity index (χ1) is 19.9. The molecular weight excluding hydrogens is 512 g/mol. The summed E-state index contributed by atoms with van der Waals surface area (Å²) in [7, 11) is 0. The largest absolute Gasteiger partial charge is 0.381 e. The fourth-order valence-electron chi connectivity index (χ4n) is 6.65. The first-order valence-corrected chi connectivity index (χ1v) is 14.8. The number of pyridine rings is 2. The molecule has 2 aliphatic rings. The molecule has 0 atom stereocenters. The molecule has 0 spiro atoms. The number of fused-ring (bicyclic) bond motifs is 2. The van der Waals surface area contributed by atoms with Gasteiger partial charge in [-0.25, -0.2) is 0 Å². The molecule has 41 heavy (non-hydrogen) atoms. The van der Waals surface area contributed by atoms with Gasteiger partial charge in [-0.2, -0.15) is 0 Å². The van der Waals surface area contributed by atoms with Crippen LogP contribution in [0, 0.1) is 13.8 Å². The zero-order valence-electron chi connectivity index (χ0n) is 24.2. The van der Waals surface area contributed by atoms with E-state index in [4.69, 9.17) is 9.72 Å². The molecule has 1 aliphatic heterocycles. The van der Waals surface area contributed by atoms with Crippen molar-refractivity contribution in [1.82, 2.24) is 15.3 Å². The summed E-state index contributed by atoms with van der Waals surface area (Å²) in [4.78, 5) is 36.9. The number of para-hydroxylation sites is 1. The third kappa shape index (κ3) is 5.26. The molecule has 4 aromatic rings. The number of hydrogen-bond acceptors (Lipinski definition) is 5. The molecule has 7 heteroatoms. The highest BCUT2D eigenvalue weighted by atomic mass is 16.5. The number of ether oxygens (including phenoxy) is 1. The average molecular weight is 551 g/mol. The lowest BCUT2D eigenvalue weighted by Gasteiger charge is -2.37. The van der Waals surface area contributed by atoms with Crippen molar-refractivity contribution in [1.29, 1.82) is 0 Å². The lowest BCUT2D eigenvalue weighted by atomic mass is 9.95. The van der Waals surface area contributed by atoms with Crippen molar-refractivity contribution < 1.29 is 9.53 Å². The van der Waals surface area contributed by atoms with Gasteiger partial charge in [-0.3, -0.25) is 14.6 Å². The molecule has 7 nitrogen and oxygen atoms in total. The Morgan fingerprint density at radius 3 is 2.66 bits per heavy atom. The molecular formula is C34H38N4O3. The average Bonchev–Trinajstić information content (AvgIpc) is 3.49. The molecule has 1 amide bonds. The first-order valence-electron chi connectivity index (χ1n) is 14.8. The first kappa shape index (κ1) is 27.2. The lowest BCUT2D eigenvalue weighted by molar-refractivity contribution is 0.0846. The van der Waals surface area contributed by atoms with Crippen LogP contribution in [0.15, 0.2) is 53.5 Å². The molecule has 0 unspecified atom stereocenters. The number of amides is 1. The highest BCUT2D eigenvalue weighted by Crippen LogP contribution is 2.34. The molecule has 0 saturated carbocycles. The number of nitrogens with zero attached hydrogens (tertiary/aromatic N) is 2. The Morgan fingerprint density at radius 1 is 1.07 bits per heavy atom. The number of nitrogens with one attached hydrogen (secondary N) is 2. The van der Waals surface area contributed by atoms with Crippen LogP contribution in [0.3, 0.4) is 0 Å². The maximum Gasteiger partial charge on any atom is 0.253 e. The fraction of sp³-hybridized carbons (Fsp3) is 0.382. The van der Waals surface area contributed by atoms with Gasteiger partial charge < -0.3 is 19.9 Å². The van der Waals surface area contributed by atoms with Gasteiger partial charge in [-0.1, -0.05) is 18.2 Å². The van der Waals surface area contributed by atoms with Crippen LogP contribution in [-0.2, 0) is 24.1 Å². The Balaban J connectivity index is 1.40. The van der Waals surface area contributed by atoms with Crippen molar-refractivity contribution in [2.24, 2.45) is 0 Å². The van der Waals surface area contributed by atoms with Gasteiger partial charge in [-0.15, -0.1) is 0 Å². The number of aromatic amines is 1. The highest BCUT2D eigenvalue weighted by Gasteiger charge is 2.26. The number of H-pyrrole nitrogens is 1. The van der Waals surface area contributed by atoms with Crippen LogP contribution in [0.5, 0.6) is 0 Å². The van der Waals surface area contributed by atoms with Crippen LogP contribution >= 0.6 is 0 Å². The smallest absolute Gasteiger partial charge is 0.253 e. The summed E-state index contributed by atoms with van der Waals surface area (Å²) < 4.78 is 5.65. The molecule has 0 radical (unpaired) electrons. The Labute approximate surface area is 241 Å². The summed E-state index contributed by atoms with van der Waals surface area (Å²) in [5.74, 6) is -0.172. The van der Waals surface area contributed by atoms with E-state index in [1.54, 1.807) is 0 Å². The second kappa shape index (κ2) is 11.5. The van der Waals surface area contributed by atoms with Gasteiger partial charge >= 0.3 is 0 Å². The third-order valence-electron chi connectivity index (χ3n) is 8.87. The van der Waals surface area contributed by atoms with Crippen LogP contribution in [-0.4, -0.2) is 41.7 Å². The van der Waals surface area contributed by atoms with Crippen molar-refractivity contribution >= 4 is 22.5 Å². The molecule has 2 aromatic carbocycles. The molecule has 212 valence electrons. The Morgan fingerprint density at radius 2 is 1.85 bits per heavy atom. The number of rotatable bonds is 7. The zero-order valence-corrected chi connectivity index (χ0v) is 24.2. The Bertz CT molecular complexity index is 1670. The molecule has 1 aliphatic carbocycles. The minimum absolute atomic E-state index is 0.103. The maximum absolute atomic E-state index is 13.9. The number of anilines is 1. The molecule has 3 heterocycles. The van der Waals surface area contributed by atoms with Gasteiger partial charge in [0.15, 0.2) is 0 Å². The summed E-state index contributed by atoms with van der Waals surface area (Å²) >= 11 is 0. The summed E-state index contributed by atoms with van der Waals surface area (Å²) in [5.41, 5.74) is 9.35. The fourth-order valence-corrected chi connectivity index (χ4v) is 6.65. The van der Waals surface area contributed by atoms with Crippen LogP contribution in [0.25, 0.3) is 22.0 Å². The number of benzene rings is 2. The van der Waals surface area contributed by atoms with E-state index in [2.05, 4.69) is 40.3 Å². The topological polar surface area (TPSA) is 87.3 Å². The predicted molar refractivity (Wildman–Crippen MR) is 164 cm³/mol. The second-order valence-electron chi connectivity index (χ2n) is 11.3. The van der Waals surface area contributed by atoms with Crippen molar-refractivity contribution in [3.05, 3.63) is 92.5 Å². The van der Waals surface area contributed by atoms with Gasteiger partial charge in [0.1, 0.15) is 0 Å². The van der Waals surface area contributed by atoms with Crippen LogP contribution < -0.4 is 15.8 Å². The van der Waals surface area contributed by atoms with Crippen LogP contribution in [0.4, 0.5) is 5.69 Å². The maximum atomic E-state index is 13.9. The number of carbonyl (C=O) groups excluding carboxylic acids is 1. The van der Waals surface area contributed by atoms with E-state index in [0.717, 1.165) is 96.4 Å². The third-order valence-corrected chi connectivity index (χ3v) is 8.87. The molecule has 2 N–H and O–H groups in total. The van der Waals surface area contributed by atoms with E-state index in [1.807, 2.05) is 44.3 Å². The monoisotopic (exact) mass is 550 g/mol. The minimum atomic E-state index is -0.172. The lowest BCUT2D eigenvalue weighted by Crippen LogP contribution is -2.40. The molecule has 0 bridgehead atoms. The van der Waals surface area contributed by atoms with Crippen molar-refractivity contribution in [3.8, 4) is 11.1 Å². The van der Waals surface area contributed by atoms with Crippen LogP contribution in [0.2, 0.25) is 0 Å². The molecule has 2 aromatic heterocycles. The van der Waals surface area contributed by atoms with Crippen molar-refractivity contribution in [2.45, 2.75) is 65.5 Å². The number of aryl methyl sites for hydroxylation is 1. The zero-order chi connectivity index (χ0) is 28.5. The van der Waals surface area contributed by atoms with E-state index in [9.17, 15) is 9.59 Å². The number of aromatic nitrogens is 2. The summed E-state index contributed by atoms with van der Waals surface area (Å²) in [5, 5.41) is 4.16. The van der Waals surface area contributed by atoms with Crippen molar-refractivity contribution in [3.63, 3.8) is 0 Å². The van der Waals surface area contributed by atoms with Crippen molar-refractivity contribution in [2.75, 3.05) is 24.7 Å². The molecule has 6 rings (SSSR count). The van der Waals surface area contributed by atoms with E-state index in [0.29, 0.717) is 17.2 Å². The Hall–Kier alpha value is -3.97. The Kier molecular flexibility index (Phi) is 7.63. The van der Waals surface area contributed by atoms with E-state index in [1.165, 1.54) is 5.56 Å². The van der Waals surface area contributed by atoms with Gasteiger partial charge in [0.05, 0.1) is 5.52 Å². The number of hydrogen-bond donors (Lipinski definition) is 2. The quantitative estimate of drug-likeness (QED) is 0.311. The standard InChI is InChI=1S/C34H38N4O3/c1-4-38(26-12-14-41-15-13-26)32-18-24(25-16-23-8-5-6-11-31(23)35-19-25)17-29(21(32)2)33(39)36-20-30-28-10-7-9-27(28)22(3)37-34(30)40/h5-6,8,11,16-19,26H,4,7,9-10,12-15,20H2,1-3H3,(H,36,39)(H,37,40). The SMILES string of the molecule is CCN(c1cc(-c2cnc3ccccc3c2)cc(C(=O)NCc2c3c(c(C)[nH]c2=O)CCC3)c1C)C1CCOCC1. The second-order valence-corrected chi connectivity index (χ2v) is 11.3. The summed E-state index contributed by atoms with van der Waals surface area (Å²) in [6.45, 7) is 8.70. The number of carbonyl (C=O) groups is 1. The van der Waals surface area contributed by atoms with Crippen LogP contribution in [0.1, 0.15) is 64.5 Å². The molecule has 1 saturated heterocycles. The van der Waals surface area contributed by atoms with Gasteiger partial charge in [-0.05, 0) is 99.4 Å². The highest BCUT2D eigenvalue weighted by molar-refractivity contribution is 5.99. The van der Waals surface area contributed by atoms with Gasteiger partial charge in [0.2, 0.25) is 0 Å². The van der Waals surface area contributed by atoms with E-state index >= 15 is 0 Å². The van der Waals surface area contributed by atoms with Gasteiger partial charge in [0, 0.05) is 72.0 Å². The van der Waals surface area contributed by atoms with E-state index < -0.39 is 0 Å². The normalized spacial score (nSPS) is 15.2. The summed E-state index contributed by atoms with van der Waals surface area (Å²) in [6, 6.07) is 14.7. The minimum Gasteiger partial charge on any atom is -0.381 e. The van der Waals surface area contributed by atoms with Gasteiger partial charge in [0.25, 0.3) is 11.5 Å².